The van der Waals surface area contributed by atoms with E-state index in [0.717, 1.165) is 12.8 Å². The summed E-state index contributed by atoms with van der Waals surface area (Å²) in [5, 5.41) is 8.57. The second kappa shape index (κ2) is 3.71. The summed E-state index contributed by atoms with van der Waals surface area (Å²) in [5.74, 6) is 3.04. The monoisotopic (exact) mass is 193 g/mol. The molecule has 1 aromatic heterocycles. The van der Waals surface area contributed by atoms with Gasteiger partial charge < -0.3 is 4.57 Å². The highest BCUT2D eigenvalue weighted by Crippen LogP contribution is 2.25. The van der Waals surface area contributed by atoms with Crippen molar-refractivity contribution in [3.8, 4) is 0 Å². The lowest BCUT2D eigenvalue weighted by atomic mass is 10.0. The van der Waals surface area contributed by atoms with Crippen LogP contribution in [0.1, 0.15) is 51.3 Å². The van der Waals surface area contributed by atoms with Gasteiger partial charge in [-0.2, -0.15) is 0 Å². The highest BCUT2D eigenvalue weighted by Gasteiger charge is 2.21. The van der Waals surface area contributed by atoms with E-state index in [0.29, 0.717) is 12.0 Å². The third-order valence-corrected chi connectivity index (χ3v) is 2.89. The molecule has 1 unspecified atom stereocenters. The summed E-state index contributed by atoms with van der Waals surface area (Å²) in [5.41, 5.74) is 0. The van der Waals surface area contributed by atoms with Crippen molar-refractivity contribution in [1.29, 1.82) is 0 Å². The highest BCUT2D eigenvalue weighted by atomic mass is 15.3. The summed E-state index contributed by atoms with van der Waals surface area (Å²) in [6.07, 6.45) is 4.70. The molecule has 0 fully saturated rings. The summed E-state index contributed by atoms with van der Waals surface area (Å²) in [4.78, 5) is 0. The number of aromatic nitrogens is 3. The Morgan fingerprint density at radius 3 is 2.93 bits per heavy atom. The Balaban J connectivity index is 2.29. The largest absolute Gasteiger partial charge is 0.312 e. The summed E-state index contributed by atoms with van der Waals surface area (Å²) < 4.78 is 2.35. The van der Waals surface area contributed by atoms with E-state index >= 15 is 0 Å². The van der Waals surface area contributed by atoms with Gasteiger partial charge in [0.1, 0.15) is 11.6 Å². The van der Waals surface area contributed by atoms with Crippen molar-refractivity contribution in [2.75, 3.05) is 0 Å². The fourth-order valence-electron chi connectivity index (χ4n) is 2.23. The summed E-state index contributed by atoms with van der Waals surface area (Å²) >= 11 is 0. The third kappa shape index (κ3) is 1.68. The zero-order chi connectivity index (χ0) is 10.1. The van der Waals surface area contributed by atoms with E-state index in [2.05, 4.69) is 35.5 Å². The molecule has 2 rings (SSSR count). The molecule has 1 atom stereocenters. The van der Waals surface area contributed by atoms with Crippen LogP contribution < -0.4 is 0 Å². The summed E-state index contributed by atoms with van der Waals surface area (Å²) in [6.45, 7) is 6.74. The van der Waals surface area contributed by atoms with Crippen LogP contribution in [0, 0.1) is 5.92 Å². The maximum absolute atomic E-state index is 4.30. The van der Waals surface area contributed by atoms with Crippen molar-refractivity contribution in [3.05, 3.63) is 11.6 Å². The molecule has 0 aromatic carbocycles. The Morgan fingerprint density at radius 1 is 1.43 bits per heavy atom. The molecule has 14 heavy (non-hydrogen) atoms. The van der Waals surface area contributed by atoms with E-state index in [1.165, 1.54) is 24.5 Å². The zero-order valence-electron chi connectivity index (χ0n) is 9.32. The molecule has 0 radical (unpaired) electrons. The molecular formula is C11H19N3. The van der Waals surface area contributed by atoms with Crippen LogP contribution in [0.4, 0.5) is 0 Å². The van der Waals surface area contributed by atoms with Gasteiger partial charge in [0.25, 0.3) is 0 Å². The molecule has 0 bridgehead atoms. The van der Waals surface area contributed by atoms with Gasteiger partial charge in [-0.05, 0) is 25.7 Å². The van der Waals surface area contributed by atoms with Crippen molar-refractivity contribution in [2.24, 2.45) is 5.92 Å². The van der Waals surface area contributed by atoms with Crippen molar-refractivity contribution in [3.63, 3.8) is 0 Å². The zero-order valence-corrected chi connectivity index (χ0v) is 9.32. The lowest BCUT2D eigenvalue weighted by molar-refractivity contribution is 0.407. The maximum Gasteiger partial charge on any atom is 0.133 e. The molecule has 0 aliphatic carbocycles. The number of aryl methyl sites for hydroxylation is 1. The Bertz CT molecular complexity index is 314. The van der Waals surface area contributed by atoms with Gasteiger partial charge in [-0.15, -0.1) is 10.2 Å². The minimum atomic E-state index is 0.600. The van der Waals surface area contributed by atoms with Crippen LogP contribution >= 0.6 is 0 Å². The van der Waals surface area contributed by atoms with E-state index in [9.17, 15) is 0 Å². The molecule has 78 valence electrons. The summed E-state index contributed by atoms with van der Waals surface area (Å²) in [7, 11) is 0. The quantitative estimate of drug-likeness (QED) is 0.722. The minimum Gasteiger partial charge on any atom is -0.312 e. The molecule has 3 heteroatoms. The van der Waals surface area contributed by atoms with Crippen LogP contribution in [0.25, 0.3) is 0 Å². The Hall–Kier alpha value is -0.860. The number of nitrogens with zero attached hydrogens (tertiary/aromatic N) is 3. The second-order valence-corrected chi connectivity index (χ2v) is 4.74. The highest BCUT2D eigenvalue weighted by molar-refractivity contribution is 5.02. The van der Waals surface area contributed by atoms with E-state index < -0.39 is 0 Å². The SMILES string of the molecule is CC(C)Cc1nnc2n1C(C)CCC2. The molecule has 0 saturated heterocycles. The third-order valence-electron chi connectivity index (χ3n) is 2.89. The maximum atomic E-state index is 4.30. The Kier molecular flexibility index (Phi) is 2.57. The van der Waals surface area contributed by atoms with Crippen molar-refractivity contribution in [1.82, 2.24) is 14.8 Å². The van der Waals surface area contributed by atoms with Gasteiger partial charge >= 0.3 is 0 Å². The predicted molar refractivity (Wildman–Crippen MR) is 56.2 cm³/mol. The minimum absolute atomic E-state index is 0.600. The lowest BCUT2D eigenvalue weighted by Gasteiger charge is -2.22. The molecule has 3 nitrogen and oxygen atoms in total. The van der Waals surface area contributed by atoms with Crippen LogP contribution in [0.2, 0.25) is 0 Å². The van der Waals surface area contributed by atoms with Crippen LogP contribution in [0.3, 0.4) is 0 Å². The van der Waals surface area contributed by atoms with Gasteiger partial charge in [-0.3, -0.25) is 0 Å². The lowest BCUT2D eigenvalue weighted by Crippen LogP contribution is -2.18. The first-order chi connectivity index (χ1) is 6.68. The standard InChI is InChI=1S/C11H19N3/c1-8(2)7-11-13-12-10-6-4-5-9(3)14(10)11/h8-9H,4-7H2,1-3H3. The molecule has 2 heterocycles. The first kappa shape index (κ1) is 9.69. The second-order valence-electron chi connectivity index (χ2n) is 4.74. The van der Waals surface area contributed by atoms with E-state index in [1.54, 1.807) is 0 Å². The smallest absolute Gasteiger partial charge is 0.133 e. The number of rotatable bonds is 2. The fraction of sp³-hybridized carbons (Fsp3) is 0.818. The normalized spacial score (nSPS) is 21.3. The first-order valence-electron chi connectivity index (χ1n) is 5.61. The number of fused-ring (bicyclic) bond motifs is 1. The van der Waals surface area contributed by atoms with E-state index in [1.807, 2.05) is 0 Å². The van der Waals surface area contributed by atoms with Gasteiger partial charge in [-0.1, -0.05) is 13.8 Å². The van der Waals surface area contributed by atoms with Crippen LogP contribution in [-0.4, -0.2) is 14.8 Å². The molecule has 0 spiro atoms. The average molecular weight is 193 g/mol. The van der Waals surface area contributed by atoms with Crippen LogP contribution in [-0.2, 0) is 12.8 Å². The Labute approximate surface area is 85.5 Å². The first-order valence-corrected chi connectivity index (χ1v) is 5.61. The molecule has 0 saturated carbocycles. The van der Waals surface area contributed by atoms with Crippen molar-refractivity contribution >= 4 is 0 Å². The van der Waals surface area contributed by atoms with Gasteiger partial charge in [0.05, 0.1) is 0 Å². The molecule has 0 amide bonds. The van der Waals surface area contributed by atoms with Gasteiger partial charge in [-0.25, -0.2) is 0 Å². The topological polar surface area (TPSA) is 30.7 Å². The molecular weight excluding hydrogens is 174 g/mol. The fourth-order valence-corrected chi connectivity index (χ4v) is 2.23. The Morgan fingerprint density at radius 2 is 2.21 bits per heavy atom. The van der Waals surface area contributed by atoms with Crippen LogP contribution in [0.15, 0.2) is 0 Å². The van der Waals surface area contributed by atoms with E-state index in [-0.39, 0.29) is 0 Å². The van der Waals surface area contributed by atoms with Gasteiger partial charge in [0.15, 0.2) is 0 Å². The predicted octanol–water partition coefficient (Wildman–Crippen LogP) is 2.37. The number of hydrogen-bond donors (Lipinski definition) is 0. The van der Waals surface area contributed by atoms with Crippen molar-refractivity contribution in [2.45, 2.75) is 52.5 Å². The average Bonchev–Trinajstić information content (AvgIpc) is 2.49. The van der Waals surface area contributed by atoms with Crippen LogP contribution in [0.5, 0.6) is 0 Å². The van der Waals surface area contributed by atoms with Gasteiger partial charge in [0, 0.05) is 18.9 Å². The summed E-state index contributed by atoms with van der Waals surface area (Å²) in [6, 6.07) is 0.600. The molecule has 1 aliphatic heterocycles. The molecule has 1 aliphatic rings. The van der Waals surface area contributed by atoms with E-state index in [4.69, 9.17) is 0 Å². The van der Waals surface area contributed by atoms with Crippen molar-refractivity contribution < 1.29 is 0 Å². The number of hydrogen-bond acceptors (Lipinski definition) is 2. The van der Waals surface area contributed by atoms with Gasteiger partial charge in [0.2, 0.25) is 0 Å². The molecule has 1 aromatic rings. The molecule has 0 N–H and O–H groups in total.